The lowest BCUT2D eigenvalue weighted by molar-refractivity contribution is -0.134. The number of amides is 1. The van der Waals surface area contributed by atoms with Gasteiger partial charge in [-0.05, 0) is 25.8 Å². The maximum absolute atomic E-state index is 12.7. The second-order valence-electron chi connectivity index (χ2n) is 6.01. The third kappa shape index (κ3) is 3.03. The van der Waals surface area contributed by atoms with Gasteiger partial charge in [-0.15, -0.1) is 0 Å². The van der Waals surface area contributed by atoms with Gasteiger partial charge in [-0.2, -0.15) is 0 Å². The summed E-state index contributed by atoms with van der Waals surface area (Å²) < 4.78 is 28.4. The smallest absolute Gasteiger partial charge is 0.247 e. The van der Waals surface area contributed by atoms with Crippen molar-refractivity contribution in [1.29, 1.82) is 0 Å². The summed E-state index contributed by atoms with van der Waals surface area (Å²) >= 11 is 0. The molecule has 7 nitrogen and oxygen atoms in total. The highest BCUT2D eigenvalue weighted by molar-refractivity contribution is 7.91. The number of oxazole rings is 1. The van der Waals surface area contributed by atoms with Crippen LogP contribution in [0.25, 0.3) is 0 Å². The number of likely N-dealkylation sites (N-methyl/N-ethyl adjacent to an activating group) is 1. The quantitative estimate of drug-likeness (QED) is 0.849. The molecule has 1 fully saturated rings. The zero-order chi connectivity index (χ0) is 15.7. The van der Waals surface area contributed by atoms with Crippen LogP contribution in [0.1, 0.15) is 30.3 Å². The summed E-state index contributed by atoms with van der Waals surface area (Å²) in [5, 5.41) is 3.00. The molecule has 0 aliphatic carbocycles. The largest absolute Gasteiger partial charge is 0.446 e. The average Bonchev–Trinajstić information content (AvgIpc) is 2.89. The van der Waals surface area contributed by atoms with Crippen LogP contribution >= 0.6 is 0 Å². The Bertz CT molecular complexity index is 641. The Balaban J connectivity index is 1.70. The van der Waals surface area contributed by atoms with Gasteiger partial charge in [0, 0.05) is 19.5 Å². The van der Waals surface area contributed by atoms with Crippen LogP contribution < -0.4 is 5.32 Å². The molecule has 3 heterocycles. The normalized spacial score (nSPS) is 25.8. The lowest BCUT2D eigenvalue weighted by atomic mass is 10.0. The number of nitrogens with zero attached hydrogens (tertiary/aromatic N) is 2. The number of hydrogen-bond acceptors (Lipinski definition) is 6. The first-order valence-corrected chi connectivity index (χ1v) is 9.41. The van der Waals surface area contributed by atoms with E-state index < -0.39 is 15.9 Å². The molecule has 1 saturated heterocycles. The molecule has 1 atom stereocenters. The molecule has 0 aromatic carbocycles. The van der Waals surface area contributed by atoms with Gasteiger partial charge in [0.1, 0.15) is 15.9 Å². The van der Waals surface area contributed by atoms with Crippen molar-refractivity contribution >= 4 is 15.7 Å². The van der Waals surface area contributed by atoms with Crippen LogP contribution in [0.4, 0.5) is 0 Å². The molecule has 0 saturated carbocycles. The lowest BCUT2D eigenvalue weighted by Crippen LogP contribution is -2.42. The molecule has 0 radical (unpaired) electrons. The summed E-state index contributed by atoms with van der Waals surface area (Å²) in [5.41, 5.74) is 0.821. The third-order valence-corrected chi connectivity index (χ3v) is 6.27. The molecule has 1 aromatic rings. The summed E-state index contributed by atoms with van der Waals surface area (Å²) in [6.07, 6.45) is 3.32. The number of rotatable bonds is 3. The minimum atomic E-state index is -2.87. The molecule has 2 aliphatic heterocycles. The number of hydrogen-bond donors (Lipinski definition) is 1. The first-order valence-electron chi connectivity index (χ1n) is 7.59. The standard InChI is InChI=1S/C14H21N3O4S/c1-15-12-13-11(16-9-21-13)2-5-17(14(12)18)8-10-3-6-22(19,20)7-4-10/h9-10,12,15H,2-8H2,1H3. The van der Waals surface area contributed by atoms with E-state index in [1.165, 1.54) is 6.39 Å². The lowest BCUT2D eigenvalue weighted by Gasteiger charge is -2.30. The number of fused-ring (bicyclic) bond motifs is 1. The van der Waals surface area contributed by atoms with Crippen molar-refractivity contribution in [2.75, 3.05) is 31.6 Å². The molecule has 22 heavy (non-hydrogen) atoms. The predicted octanol–water partition coefficient (Wildman–Crippen LogP) is 0.145. The molecule has 122 valence electrons. The molecule has 0 spiro atoms. The van der Waals surface area contributed by atoms with Gasteiger partial charge in [0.25, 0.3) is 0 Å². The maximum Gasteiger partial charge on any atom is 0.247 e. The summed E-state index contributed by atoms with van der Waals surface area (Å²) in [4.78, 5) is 18.7. The Morgan fingerprint density at radius 1 is 1.41 bits per heavy atom. The summed E-state index contributed by atoms with van der Waals surface area (Å²) in [6, 6.07) is -0.507. The molecule has 8 heteroatoms. The molecule has 1 unspecified atom stereocenters. The fraction of sp³-hybridized carbons (Fsp3) is 0.714. The maximum atomic E-state index is 12.7. The van der Waals surface area contributed by atoms with Gasteiger partial charge in [-0.25, -0.2) is 13.4 Å². The van der Waals surface area contributed by atoms with E-state index in [1.54, 1.807) is 7.05 Å². The van der Waals surface area contributed by atoms with Crippen LogP contribution in [-0.4, -0.2) is 55.9 Å². The minimum absolute atomic E-state index is 0.0218. The summed E-state index contributed by atoms with van der Waals surface area (Å²) in [7, 11) is -1.14. The monoisotopic (exact) mass is 327 g/mol. The van der Waals surface area contributed by atoms with Gasteiger partial charge < -0.3 is 14.6 Å². The van der Waals surface area contributed by atoms with E-state index in [0.717, 1.165) is 5.69 Å². The average molecular weight is 327 g/mol. The molecule has 1 amide bonds. The van der Waals surface area contributed by atoms with Gasteiger partial charge >= 0.3 is 0 Å². The Labute approximate surface area is 130 Å². The molecular formula is C14H21N3O4S. The first-order chi connectivity index (χ1) is 10.5. The van der Waals surface area contributed by atoms with Gasteiger partial charge in [-0.3, -0.25) is 4.79 Å². The minimum Gasteiger partial charge on any atom is -0.446 e. The molecule has 1 N–H and O–H groups in total. The van der Waals surface area contributed by atoms with E-state index in [2.05, 4.69) is 10.3 Å². The van der Waals surface area contributed by atoms with Crippen LogP contribution in [0, 0.1) is 5.92 Å². The van der Waals surface area contributed by atoms with E-state index >= 15 is 0 Å². The van der Waals surface area contributed by atoms with Gasteiger partial charge in [0.05, 0.1) is 17.2 Å². The van der Waals surface area contributed by atoms with Crippen molar-refractivity contribution < 1.29 is 17.6 Å². The van der Waals surface area contributed by atoms with Crippen LogP contribution in [0.15, 0.2) is 10.8 Å². The van der Waals surface area contributed by atoms with Crippen molar-refractivity contribution in [2.24, 2.45) is 5.92 Å². The molecule has 0 bridgehead atoms. The SMILES string of the molecule is CNC1C(=O)N(CC2CCS(=O)(=O)CC2)CCc2ncoc21. The topological polar surface area (TPSA) is 92.5 Å². The second-order valence-corrected chi connectivity index (χ2v) is 8.32. The second kappa shape index (κ2) is 6.00. The Hall–Kier alpha value is -1.41. The Morgan fingerprint density at radius 2 is 2.14 bits per heavy atom. The molecule has 1 aromatic heterocycles. The zero-order valence-electron chi connectivity index (χ0n) is 12.6. The van der Waals surface area contributed by atoms with Crippen molar-refractivity contribution in [2.45, 2.75) is 25.3 Å². The Kier molecular flexibility index (Phi) is 4.22. The number of sulfone groups is 1. The highest BCUT2D eigenvalue weighted by atomic mass is 32.2. The fourth-order valence-corrected chi connectivity index (χ4v) is 4.80. The van der Waals surface area contributed by atoms with Gasteiger partial charge in [-0.1, -0.05) is 0 Å². The van der Waals surface area contributed by atoms with Crippen LogP contribution in [0.3, 0.4) is 0 Å². The van der Waals surface area contributed by atoms with Crippen LogP contribution in [-0.2, 0) is 21.1 Å². The van der Waals surface area contributed by atoms with Crippen LogP contribution in [0.5, 0.6) is 0 Å². The molecule has 3 rings (SSSR count). The van der Waals surface area contributed by atoms with Gasteiger partial charge in [0.15, 0.2) is 12.2 Å². The van der Waals surface area contributed by atoms with E-state index in [4.69, 9.17) is 4.42 Å². The van der Waals surface area contributed by atoms with Gasteiger partial charge in [0.2, 0.25) is 5.91 Å². The van der Waals surface area contributed by atoms with Crippen molar-refractivity contribution in [3.05, 3.63) is 17.8 Å². The number of carbonyl (C=O) groups is 1. The van der Waals surface area contributed by atoms with Crippen molar-refractivity contribution in [3.63, 3.8) is 0 Å². The van der Waals surface area contributed by atoms with E-state index in [1.807, 2.05) is 4.90 Å². The van der Waals surface area contributed by atoms with E-state index in [0.29, 0.717) is 38.1 Å². The highest BCUT2D eigenvalue weighted by Crippen LogP contribution is 2.26. The third-order valence-electron chi connectivity index (χ3n) is 4.55. The van der Waals surface area contributed by atoms with Crippen molar-refractivity contribution in [3.8, 4) is 0 Å². The molecule has 2 aliphatic rings. The fourth-order valence-electron chi connectivity index (χ4n) is 3.22. The summed E-state index contributed by atoms with van der Waals surface area (Å²) in [5.74, 6) is 1.30. The summed E-state index contributed by atoms with van der Waals surface area (Å²) in [6.45, 7) is 1.20. The molecular weight excluding hydrogens is 306 g/mol. The van der Waals surface area contributed by atoms with E-state index in [9.17, 15) is 13.2 Å². The number of aromatic nitrogens is 1. The Morgan fingerprint density at radius 3 is 2.82 bits per heavy atom. The number of nitrogens with one attached hydrogen (secondary N) is 1. The highest BCUT2D eigenvalue weighted by Gasteiger charge is 2.35. The number of carbonyl (C=O) groups excluding carboxylic acids is 1. The predicted molar refractivity (Wildman–Crippen MR) is 80.0 cm³/mol. The first kappa shape index (κ1) is 15.5. The zero-order valence-corrected chi connectivity index (χ0v) is 13.4. The van der Waals surface area contributed by atoms with Crippen molar-refractivity contribution in [1.82, 2.24) is 15.2 Å². The van der Waals surface area contributed by atoms with E-state index in [-0.39, 0.29) is 23.3 Å². The van der Waals surface area contributed by atoms with Crippen LogP contribution in [0.2, 0.25) is 0 Å².